The Morgan fingerprint density at radius 2 is 1.63 bits per heavy atom. The van der Waals surface area contributed by atoms with Gasteiger partial charge < -0.3 is 33.0 Å². The zero-order valence-corrected chi connectivity index (χ0v) is 16.2. The SMILES string of the molecule is O=S(=O)([O-])O/C=C/c1ccc2c(c1)OC(c1ccc(O)c(O)c1)C(OS(=O)(=O)[O-])O2. The average molecular weight is 460 g/mol. The number of hydrogen-bond acceptors (Lipinski definition) is 12. The molecule has 0 aromatic heterocycles. The van der Waals surface area contributed by atoms with Gasteiger partial charge in [0.25, 0.3) is 16.7 Å². The van der Waals surface area contributed by atoms with Crippen LogP contribution in [0.15, 0.2) is 42.7 Å². The molecule has 0 fully saturated rings. The molecule has 0 spiro atoms. The molecule has 2 atom stereocenters. The Hall–Kier alpha value is -3.04. The molecule has 2 N–H and O–H groups in total. The maximum atomic E-state index is 11.1. The van der Waals surface area contributed by atoms with Gasteiger partial charge in [0, 0.05) is 5.56 Å². The van der Waals surface area contributed by atoms with E-state index in [0.29, 0.717) is 11.8 Å². The summed E-state index contributed by atoms with van der Waals surface area (Å²) < 4.78 is 83.9. The molecule has 1 heterocycles. The van der Waals surface area contributed by atoms with Gasteiger partial charge in [-0.3, -0.25) is 0 Å². The molecule has 1 aliphatic rings. The number of phenols is 2. The third-order valence-electron chi connectivity index (χ3n) is 3.69. The highest BCUT2D eigenvalue weighted by molar-refractivity contribution is 7.81. The normalized spacial score (nSPS) is 19.0. The van der Waals surface area contributed by atoms with E-state index in [0.717, 1.165) is 18.2 Å². The molecule has 0 saturated carbocycles. The van der Waals surface area contributed by atoms with E-state index < -0.39 is 44.7 Å². The van der Waals surface area contributed by atoms with Crippen molar-refractivity contribution < 1.29 is 54.0 Å². The van der Waals surface area contributed by atoms with E-state index in [1.54, 1.807) is 0 Å². The van der Waals surface area contributed by atoms with Crippen LogP contribution in [0.1, 0.15) is 17.2 Å². The van der Waals surface area contributed by atoms with Crippen LogP contribution in [-0.2, 0) is 29.2 Å². The molecule has 0 bridgehead atoms. The van der Waals surface area contributed by atoms with Gasteiger partial charge in [0.2, 0.25) is 10.4 Å². The fraction of sp³-hybridized carbons (Fsp3) is 0.125. The van der Waals surface area contributed by atoms with Crippen LogP contribution in [-0.4, -0.2) is 42.4 Å². The minimum Gasteiger partial charge on any atom is -0.725 e. The van der Waals surface area contributed by atoms with Crippen LogP contribution in [0.3, 0.4) is 0 Å². The monoisotopic (exact) mass is 460 g/mol. The van der Waals surface area contributed by atoms with Crippen LogP contribution < -0.4 is 9.47 Å². The van der Waals surface area contributed by atoms with Crippen molar-refractivity contribution >= 4 is 26.9 Å². The van der Waals surface area contributed by atoms with Crippen LogP contribution in [0.5, 0.6) is 23.0 Å². The van der Waals surface area contributed by atoms with Crippen molar-refractivity contribution in [1.29, 1.82) is 0 Å². The Labute approximate surface area is 170 Å². The smallest absolute Gasteiger partial charge is 0.262 e. The minimum absolute atomic E-state index is 0.0163. The van der Waals surface area contributed by atoms with Crippen LogP contribution in [0.25, 0.3) is 6.08 Å². The fourth-order valence-electron chi connectivity index (χ4n) is 2.50. The van der Waals surface area contributed by atoms with Gasteiger partial charge in [0.1, 0.15) is 6.26 Å². The van der Waals surface area contributed by atoms with Crippen LogP contribution in [0.2, 0.25) is 0 Å². The lowest BCUT2D eigenvalue weighted by atomic mass is 10.1. The van der Waals surface area contributed by atoms with Crippen molar-refractivity contribution in [2.75, 3.05) is 0 Å². The molecule has 3 rings (SSSR count). The van der Waals surface area contributed by atoms with E-state index in [-0.39, 0.29) is 17.1 Å². The highest BCUT2D eigenvalue weighted by Gasteiger charge is 2.36. The molecule has 0 saturated heterocycles. The fourth-order valence-corrected chi connectivity index (χ4v) is 3.06. The first-order chi connectivity index (χ1) is 13.9. The Morgan fingerprint density at radius 1 is 0.900 bits per heavy atom. The third-order valence-corrected chi connectivity index (χ3v) is 4.46. The summed E-state index contributed by atoms with van der Waals surface area (Å²) in [6.45, 7) is 0. The van der Waals surface area contributed by atoms with E-state index in [1.807, 2.05) is 0 Å². The summed E-state index contributed by atoms with van der Waals surface area (Å²) >= 11 is 0. The molecule has 0 amide bonds. The van der Waals surface area contributed by atoms with Gasteiger partial charge in [-0.1, -0.05) is 12.1 Å². The van der Waals surface area contributed by atoms with Gasteiger partial charge in [-0.15, -0.1) is 0 Å². The molecule has 2 unspecified atom stereocenters. The Balaban J connectivity index is 1.95. The summed E-state index contributed by atoms with van der Waals surface area (Å²) in [6.07, 6.45) is -1.34. The lowest BCUT2D eigenvalue weighted by molar-refractivity contribution is -0.0994. The quantitative estimate of drug-likeness (QED) is 0.268. The van der Waals surface area contributed by atoms with Crippen LogP contribution in [0.4, 0.5) is 0 Å². The first-order valence-corrected chi connectivity index (χ1v) is 10.5. The van der Waals surface area contributed by atoms with Gasteiger partial charge >= 0.3 is 0 Å². The first-order valence-electron chi connectivity index (χ1n) is 7.85. The van der Waals surface area contributed by atoms with Crippen molar-refractivity contribution in [1.82, 2.24) is 0 Å². The zero-order valence-electron chi connectivity index (χ0n) is 14.6. The number of aromatic hydroxyl groups is 2. The van der Waals surface area contributed by atoms with Crippen molar-refractivity contribution in [2.24, 2.45) is 0 Å². The number of ether oxygens (including phenoxy) is 2. The summed E-state index contributed by atoms with van der Waals surface area (Å²) in [4.78, 5) is 0. The van der Waals surface area contributed by atoms with Gasteiger partial charge in [-0.2, -0.15) is 0 Å². The van der Waals surface area contributed by atoms with Gasteiger partial charge in [-0.25, -0.2) is 21.0 Å². The Morgan fingerprint density at radius 3 is 2.27 bits per heavy atom. The molecule has 0 radical (unpaired) electrons. The minimum atomic E-state index is -5.20. The van der Waals surface area contributed by atoms with Crippen molar-refractivity contribution in [3.05, 3.63) is 53.8 Å². The van der Waals surface area contributed by atoms with Crippen molar-refractivity contribution in [3.8, 4) is 23.0 Å². The number of benzene rings is 2. The second-order valence-corrected chi connectivity index (χ2v) is 7.81. The molecule has 14 heteroatoms. The largest absolute Gasteiger partial charge is 0.725 e. The molecule has 12 nitrogen and oxygen atoms in total. The molecule has 30 heavy (non-hydrogen) atoms. The summed E-state index contributed by atoms with van der Waals surface area (Å²) in [5, 5.41) is 19.1. The second-order valence-electron chi connectivity index (χ2n) is 5.79. The van der Waals surface area contributed by atoms with E-state index in [4.69, 9.17) is 9.47 Å². The topological polar surface area (TPSA) is 192 Å². The first kappa shape index (κ1) is 21.7. The predicted molar refractivity (Wildman–Crippen MR) is 94.6 cm³/mol. The zero-order chi connectivity index (χ0) is 22.1. The number of hydrogen-bond donors (Lipinski definition) is 2. The van der Waals surface area contributed by atoms with Crippen molar-refractivity contribution in [2.45, 2.75) is 12.4 Å². The molecule has 0 aliphatic carbocycles. The summed E-state index contributed by atoms with van der Waals surface area (Å²) in [7, 11) is -10.1. The van der Waals surface area contributed by atoms with E-state index in [1.165, 1.54) is 24.3 Å². The summed E-state index contributed by atoms with van der Waals surface area (Å²) in [5.41, 5.74) is 0.412. The predicted octanol–water partition coefficient (Wildman–Crippen LogP) is 0.861. The average Bonchev–Trinajstić information content (AvgIpc) is 2.61. The highest BCUT2D eigenvalue weighted by atomic mass is 32.3. The maximum absolute atomic E-state index is 11.1. The highest BCUT2D eigenvalue weighted by Crippen LogP contribution is 2.42. The van der Waals surface area contributed by atoms with Gasteiger partial charge in [-0.05, 0) is 35.9 Å². The number of rotatable bonds is 6. The standard InChI is InChI=1S/C16H14O12S2/c17-11-3-2-10(8-12(11)18)15-16(28-30(22,23)24)27-13-4-1-9(7-14(13)26-15)5-6-25-29(19,20)21/h1-8,15-18H,(H,19,20,21)(H,22,23,24)/p-2/b6-5+. The Bertz CT molecular complexity index is 1190. The molecular weight excluding hydrogens is 448 g/mol. The van der Waals surface area contributed by atoms with E-state index in [2.05, 4.69) is 8.37 Å². The maximum Gasteiger partial charge on any atom is 0.262 e. The second kappa shape index (κ2) is 8.00. The van der Waals surface area contributed by atoms with E-state index in [9.17, 15) is 36.2 Å². The third kappa shape index (κ3) is 5.52. The van der Waals surface area contributed by atoms with Crippen LogP contribution >= 0.6 is 0 Å². The molecule has 1 aliphatic heterocycles. The van der Waals surface area contributed by atoms with Gasteiger partial charge in [0.05, 0.1) is 0 Å². The molecular formula is C16H12O12S2-2. The van der Waals surface area contributed by atoms with Gasteiger partial charge in [0.15, 0.2) is 29.1 Å². The van der Waals surface area contributed by atoms with Crippen molar-refractivity contribution in [3.63, 3.8) is 0 Å². The Kier molecular flexibility index (Phi) is 5.78. The lowest BCUT2D eigenvalue weighted by Gasteiger charge is -2.34. The summed E-state index contributed by atoms with van der Waals surface area (Å²) in [5.74, 6) is -0.982. The van der Waals surface area contributed by atoms with E-state index >= 15 is 0 Å². The molecule has 2 aromatic rings. The molecule has 162 valence electrons. The summed E-state index contributed by atoms with van der Waals surface area (Å²) in [6, 6.07) is 7.46. The number of fused-ring (bicyclic) bond motifs is 1. The number of phenolic OH excluding ortho intramolecular Hbond substituents is 2. The van der Waals surface area contributed by atoms with Crippen LogP contribution in [0, 0.1) is 0 Å². The molecule has 2 aromatic carbocycles. The lowest BCUT2D eigenvalue weighted by Crippen LogP contribution is -2.37.